The first-order valence-corrected chi connectivity index (χ1v) is 9.46. The lowest BCUT2D eigenvalue weighted by Crippen LogP contribution is -2.22. The summed E-state index contributed by atoms with van der Waals surface area (Å²) in [6.45, 7) is 1.85. The Balaban J connectivity index is 1.83. The van der Waals surface area contributed by atoms with E-state index in [-0.39, 0.29) is 18.3 Å². The number of methoxy groups -OCH3 is 1. The molecule has 3 aromatic carbocycles. The number of nitrogens with one attached hydrogen (secondary N) is 1. The number of hydrogen-bond acceptors (Lipinski definition) is 5. The van der Waals surface area contributed by atoms with Gasteiger partial charge in [-0.05, 0) is 41.5 Å². The molecule has 2 atom stereocenters. The summed E-state index contributed by atoms with van der Waals surface area (Å²) >= 11 is 0. The van der Waals surface area contributed by atoms with Gasteiger partial charge in [0.1, 0.15) is 6.10 Å². The van der Waals surface area contributed by atoms with E-state index >= 15 is 0 Å². The fourth-order valence-corrected chi connectivity index (χ4v) is 3.34. The van der Waals surface area contributed by atoms with E-state index in [2.05, 4.69) is 5.32 Å². The fourth-order valence-electron chi connectivity index (χ4n) is 3.34. The van der Waals surface area contributed by atoms with Crippen LogP contribution < -0.4 is 10.1 Å². The minimum atomic E-state index is -0.645. The summed E-state index contributed by atoms with van der Waals surface area (Å²) in [6.07, 6.45) is -0.806. The Kier molecular flexibility index (Phi) is 6.57. The molecule has 152 valence electrons. The van der Waals surface area contributed by atoms with Crippen molar-refractivity contribution in [2.45, 2.75) is 19.4 Å². The van der Waals surface area contributed by atoms with Gasteiger partial charge >= 0.3 is 6.09 Å². The van der Waals surface area contributed by atoms with Crippen LogP contribution in [0.1, 0.15) is 25.0 Å². The lowest BCUT2D eigenvalue weighted by Gasteiger charge is -2.25. The Labute approximate surface area is 169 Å². The van der Waals surface area contributed by atoms with Crippen LogP contribution in [0.4, 0.5) is 10.5 Å². The number of rotatable bonds is 7. The van der Waals surface area contributed by atoms with Crippen LogP contribution in [0.3, 0.4) is 0 Å². The molecule has 0 saturated heterocycles. The maximum Gasteiger partial charge on any atom is 0.412 e. The predicted molar refractivity (Wildman–Crippen MR) is 112 cm³/mol. The third-order valence-electron chi connectivity index (χ3n) is 4.89. The van der Waals surface area contributed by atoms with Gasteiger partial charge in [-0.2, -0.15) is 0 Å². The van der Waals surface area contributed by atoms with Crippen molar-refractivity contribution in [3.05, 3.63) is 66.2 Å². The zero-order valence-electron chi connectivity index (χ0n) is 16.5. The predicted octanol–water partition coefficient (Wildman–Crippen LogP) is 4.86. The maximum absolute atomic E-state index is 12.7. The summed E-state index contributed by atoms with van der Waals surface area (Å²) in [5, 5.41) is 24.2. The number of aliphatic hydroxyl groups is 1. The van der Waals surface area contributed by atoms with Crippen LogP contribution in [-0.2, 0) is 4.74 Å². The molecule has 1 amide bonds. The van der Waals surface area contributed by atoms with Crippen molar-refractivity contribution in [1.82, 2.24) is 0 Å². The van der Waals surface area contributed by atoms with Gasteiger partial charge in [0, 0.05) is 12.0 Å². The largest absolute Gasteiger partial charge is 0.504 e. The number of carbonyl (C=O) groups excluding carboxylic acids is 1. The van der Waals surface area contributed by atoms with Crippen molar-refractivity contribution in [2.24, 2.45) is 5.92 Å². The minimum absolute atomic E-state index is 0.0336. The number of phenols is 1. The molecule has 29 heavy (non-hydrogen) atoms. The number of anilines is 1. The molecule has 0 bridgehead atoms. The standard InChI is InChI=1S/C23H25NO5/c1-15(12-13-25)22(17-10-11-21(28-2)20(26)14-17)29-23(27)24-19-9-5-7-16-6-3-4-8-18(16)19/h3-11,14-15,22,25-26H,12-13H2,1-2H3,(H,24,27)/t15-,22+/m0/s1. The van der Waals surface area contributed by atoms with Gasteiger partial charge in [0.15, 0.2) is 11.5 Å². The summed E-state index contributed by atoms with van der Waals surface area (Å²) < 4.78 is 10.8. The smallest absolute Gasteiger partial charge is 0.412 e. The summed E-state index contributed by atoms with van der Waals surface area (Å²) in [6, 6.07) is 18.3. The van der Waals surface area contributed by atoms with E-state index in [1.807, 2.05) is 49.4 Å². The van der Waals surface area contributed by atoms with Crippen LogP contribution in [0.5, 0.6) is 11.5 Å². The molecular formula is C23H25NO5. The molecular weight excluding hydrogens is 370 g/mol. The fraction of sp³-hybridized carbons (Fsp3) is 0.261. The van der Waals surface area contributed by atoms with Gasteiger partial charge in [0.25, 0.3) is 0 Å². The highest BCUT2D eigenvalue weighted by atomic mass is 16.6. The molecule has 0 saturated carbocycles. The van der Waals surface area contributed by atoms with Gasteiger partial charge in [0.2, 0.25) is 0 Å². The highest BCUT2D eigenvalue weighted by Crippen LogP contribution is 2.35. The van der Waals surface area contributed by atoms with Crippen LogP contribution >= 0.6 is 0 Å². The number of aromatic hydroxyl groups is 1. The number of phenolic OH excluding ortho intramolecular Hbond substituents is 1. The summed E-state index contributed by atoms with van der Waals surface area (Å²) in [5.74, 6) is 0.137. The zero-order chi connectivity index (χ0) is 20.8. The number of ether oxygens (including phenoxy) is 2. The van der Waals surface area contributed by atoms with Crippen molar-refractivity contribution in [3.8, 4) is 11.5 Å². The van der Waals surface area contributed by atoms with Crippen molar-refractivity contribution < 1.29 is 24.5 Å². The molecule has 3 N–H and O–H groups in total. The van der Waals surface area contributed by atoms with E-state index in [0.717, 1.165) is 10.8 Å². The van der Waals surface area contributed by atoms with Crippen LogP contribution in [-0.4, -0.2) is 30.0 Å². The molecule has 0 unspecified atom stereocenters. The molecule has 0 aromatic heterocycles. The zero-order valence-corrected chi connectivity index (χ0v) is 16.5. The normalized spacial score (nSPS) is 12.9. The molecule has 0 fully saturated rings. The first kappa shape index (κ1) is 20.5. The van der Waals surface area contributed by atoms with Gasteiger partial charge in [-0.3, -0.25) is 5.32 Å². The molecule has 0 aliphatic heterocycles. The van der Waals surface area contributed by atoms with Crippen LogP contribution in [0.15, 0.2) is 60.7 Å². The Bertz CT molecular complexity index is 983. The Morgan fingerprint density at radius 3 is 2.59 bits per heavy atom. The van der Waals surface area contributed by atoms with Crippen LogP contribution in [0.25, 0.3) is 10.8 Å². The Morgan fingerprint density at radius 1 is 1.10 bits per heavy atom. The van der Waals surface area contributed by atoms with Gasteiger partial charge in [-0.1, -0.05) is 49.4 Å². The van der Waals surface area contributed by atoms with E-state index < -0.39 is 12.2 Å². The second-order valence-electron chi connectivity index (χ2n) is 6.90. The molecule has 6 nitrogen and oxygen atoms in total. The summed E-state index contributed by atoms with van der Waals surface area (Å²) in [5.41, 5.74) is 1.27. The maximum atomic E-state index is 12.7. The molecule has 0 aliphatic carbocycles. The number of benzene rings is 3. The highest BCUT2D eigenvalue weighted by molar-refractivity contribution is 6.00. The number of fused-ring (bicyclic) bond motifs is 1. The highest BCUT2D eigenvalue weighted by Gasteiger charge is 2.25. The molecule has 0 radical (unpaired) electrons. The number of amides is 1. The molecule has 0 spiro atoms. The molecule has 0 aliphatic rings. The molecule has 6 heteroatoms. The molecule has 3 aromatic rings. The summed E-state index contributed by atoms with van der Waals surface area (Å²) in [7, 11) is 1.47. The monoisotopic (exact) mass is 395 g/mol. The molecule has 3 rings (SSSR count). The van der Waals surface area contributed by atoms with Crippen molar-refractivity contribution >= 4 is 22.6 Å². The van der Waals surface area contributed by atoms with Crippen LogP contribution in [0, 0.1) is 5.92 Å². The number of carbonyl (C=O) groups is 1. The van der Waals surface area contributed by atoms with E-state index in [4.69, 9.17) is 9.47 Å². The quantitative estimate of drug-likeness (QED) is 0.532. The second-order valence-corrected chi connectivity index (χ2v) is 6.90. The first-order chi connectivity index (χ1) is 14.0. The SMILES string of the molecule is COc1ccc([C@H](OC(=O)Nc2cccc3ccccc23)[C@@H](C)CCO)cc1O. The van der Waals surface area contributed by atoms with Crippen molar-refractivity contribution in [3.63, 3.8) is 0 Å². The Hall–Kier alpha value is -3.25. The van der Waals surface area contributed by atoms with Crippen molar-refractivity contribution in [2.75, 3.05) is 19.0 Å². The Morgan fingerprint density at radius 2 is 1.86 bits per heavy atom. The topological polar surface area (TPSA) is 88.0 Å². The van der Waals surface area contributed by atoms with Gasteiger partial charge in [0.05, 0.1) is 12.8 Å². The minimum Gasteiger partial charge on any atom is -0.504 e. The average Bonchev–Trinajstić information content (AvgIpc) is 2.72. The lowest BCUT2D eigenvalue weighted by molar-refractivity contribution is 0.0666. The van der Waals surface area contributed by atoms with Gasteiger partial charge in [-0.15, -0.1) is 0 Å². The first-order valence-electron chi connectivity index (χ1n) is 9.46. The van der Waals surface area contributed by atoms with E-state index in [1.54, 1.807) is 12.1 Å². The number of hydrogen-bond donors (Lipinski definition) is 3. The van der Waals surface area contributed by atoms with E-state index in [0.29, 0.717) is 23.4 Å². The number of aliphatic hydroxyl groups excluding tert-OH is 1. The molecule has 0 heterocycles. The van der Waals surface area contributed by atoms with Gasteiger partial charge < -0.3 is 19.7 Å². The van der Waals surface area contributed by atoms with Crippen LogP contribution in [0.2, 0.25) is 0 Å². The summed E-state index contributed by atoms with van der Waals surface area (Å²) in [4.78, 5) is 12.7. The lowest BCUT2D eigenvalue weighted by atomic mass is 9.94. The third-order valence-corrected chi connectivity index (χ3v) is 4.89. The van der Waals surface area contributed by atoms with E-state index in [1.165, 1.54) is 13.2 Å². The average molecular weight is 395 g/mol. The van der Waals surface area contributed by atoms with Gasteiger partial charge in [-0.25, -0.2) is 4.79 Å². The third kappa shape index (κ3) is 4.78. The second kappa shape index (κ2) is 9.30. The van der Waals surface area contributed by atoms with E-state index in [9.17, 15) is 15.0 Å². The van der Waals surface area contributed by atoms with Crippen molar-refractivity contribution in [1.29, 1.82) is 0 Å².